The summed E-state index contributed by atoms with van der Waals surface area (Å²) in [6.45, 7) is 4.45. The van der Waals surface area contributed by atoms with Crippen LogP contribution in [0.3, 0.4) is 0 Å². The first kappa shape index (κ1) is 5.87. The molecule has 46 valence electrons. The fourth-order valence-electron chi connectivity index (χ4n) is 1.03. The van der Waals surface area contributed by atoms with Crippen LogP contribution in [0.15, 0.2) is 11.6 Å². The molecule has 0 heterocycles. The molecular formula is C8H14. The average molecular weight is 110 g/mol. The van der Waals surface area contributed by atoms with Gasteiger partial charge in [-0.3, -0.25) is 0 Å². The summed E-state index contributed by atoms with van der Waals surface area (Å²) >= 11 is 0. The highest BCUT2D eigenvalue weighted by Gasteiger charge is 2.21. The summed E-state index contributed by atoms with van der Waals surface area (Å²) in [5, 5.41) is 0. The van der Waals surface area contributed by atoms with E-state index in [4.69, 9.17) is 0 Å². The van der Waals surface area contributed by atoms with E-state index >= 15 is 0 Å². The first-order valence-corrected chi connectivity index (χ1v) is 3.51. The van der Waals surface area contributed by atoms with Crippen molar-refractivity contribution in [1.82, 2.24) is 0 Å². The van der Waals surface area contributed by atoms with Crippen LogP contribution in [0.2, 0.25) is 0 Å². The van der Waals surface area contributed by atoms with Crippen molar-refractivity contribution >= 4 is 0 Å². The van der Waals surface area contributed by atoms with Gasteiger partial charge in [0.2, 0.25) is 0 Å². The fraction of sp³-hybridized carbons (Fsp3) is 0.750. The van der Waals surface area contributed by atoms with Crippen LogP contribution in [-0.4, -0.2) is 0 Å². The van der Waals surface area contributed by atoms with E-state index in [0.717, 1.165) is 5.92 Å². The third-order valence-corrected chi connectivity index (χ3v) is 1.75. The third-order valence-electron chi connectivity index (χ3n) is 1.75. The number of rotatable bonds is 2. The fourth-order valence-corrected chi connectivity index (χ4v) is 1.03. The normalized spacial score (nSPS) is 21.5. The van der Waals surface area contributed by atoms with Gasteiger partial charge in [0.1, 0.15) is 0 Å². The molecule has 0 heteroatoms. The Bertz CT molecular complexity index is 96.6. The number of allylic oxidation sites excluding steroid dienone is 2. The van der Waals surface area contributed by atoms with Crippen molar-refractivity contribution in [2.45, 2.75) is 33.1 Å². The second kappa shape index (κ2) is 2.34. The highest BCUT2D eigenvalue weighted by atomic mass is 14.3. The average Bonchev–Trinajstić information content (AvgIpc) is 2.45. The molecule has 1 fully saturated rings. The molecule has 0 N–H and O–H groups in total. The summed E-state index contributed by atoms with van der Waals surface area (Å²) in [4.78, 5) is 0. The molecule has 0 aromatic carbocycles. The van der Waals surface area contributed by atoms with Crippen LogP contribution in [0.1, 0.15) is 33.1 Å². The first-order valence-electron chi connectivity index (χ1n) is 3.51. The monoisotopic (exact) mass is 110 g/mol. The van der Waals surface area contributed by atoms with Gasteiger partial charge in [-0.15, -0.1) is 0 Å². The molecule has 1 rings (SSSR count). The van der Waals surface area contributed by atoms with Crippen LogP contribution in [0.5, 0.6) is 0 Å². The highest BCUT2D eigenvalue weighted by molar-refractivity contribution is 5.08. The minimum Gasteiger partial charge on any atom is -0.0856 e. The van der Waals surface area contributed by atoms with E-state index in [0.29, 0.717) is 0 Å². The van der Waals surface area contributed by atoms with Gasteiger partial charge in [-0.1, -0.05) is 18.6 Å². The topological polar surface area (TPSA) is 0 Å². The van der Waals surface area contributed by atoms with E-state index in [9.17, 15) is 0 Å². The van der Waals surface area contributed by atoms with Gasteiger partial charge >= 0.3 is 0 Å². The molecule has 0 amide bonds. The molecule has 0 radical (unpaired) electrons. The van der Waals surface area contributed by atoms with Crippen LogP contribution >= 0.6 is 0 Å². The van der Waals surface area contributed by atoms with Crippen molar-refractivity contribution in [2.24, 2.45) is 5.92 Å². The molecule has 0 spiro atoms. The van der Waals surface area contributed by atoms with Crippen molar-refractivity contribution in [3.05, 3.63) is 11.6 Å². The lowest BCUT2D eigenvalue weighted by Gasteiger charge is -1.91. The summed E-state index contributed by atoms with van der Waals surface area (Å²) in [5.41, 5.74) is 1.62. The summed E-state index contributed by atoms with van der Waals surface area (Å²) in [5.74, 6) is 0.981. The predicted octanol–water partition coefficient (Wildman–Crippen LogP) is 2.75. The highest BCUT2D eigenvalue weighted by Crippen LogP contribution is 2.35. The van der Waals surface area contributed by atoms with Gasteiger partial charge in [-0.25, -0.2) is 0 Å². The molecule has 1 aliphatic rings. The molecule has 1 aliphatic carbocycles. The Morgan fingerprint density at radius 1 is 1.62 bits per heavy atom. The maximum atomic E-state index is 2.34. The van der Waals surface area contributed by atoms with Crippen molar-refractivity contribution in [1.29, 1.82) is 0 Å². The zero-order valence-corrected chi connectivity index (χ0v) is 5.78. The Hall–Kier alpha value is -0.260. The number of hydrogen-bond donors (Lipinski definition) is 0. The Labute approximate surface area is 51.6 Å². The Morgan fingerprint density at radius 3 is 2.62 bits per heavy atom. The van der Waals surface area contributed by atoms with Crippen LogP contribution in [0.4, 0.5) is 0 Å². The molecule has 0 atom stereocenters. The number of hydrogen-bond acceptors (Lipinski definition) is 0. The molecule has 0 saturated heterocycles. The van der Waals surface area contributed by atoms with Gasteiger partial charge in [0, 0.05) is 0 Å². The molecule has 1 saturated carbocycles. The maximum Gasteiger partial charge on any atom is -0.0206 e. The van der Waals surface area contributed by atoms with Gasteiger partial charge in [0.05, 0.1) is 0 Å². The molecule has 0 aromatic rings. The molecule has 0 bridgehead atoms. The van der Waals surface area contributed by atoms with E-state index in [2.05, 4.69) is 19.9 Å². The Balaban J connectivity index is 2.31. The van der Waals surface area contributed by atoms with Gasteiger partial charge in [-0.05, 0) is 32.1 Å². The van der Waals surface area contributed by atoms with Crippen molar-refractivity contribution in [2.75, 3.05) is 0 Å². The Kier molecular flexibility index (Phi) is 1.72. The predicted molar refractivity (Wildman–Crippen MR) is 36.8 cm³/mol. The zero-order valence-electron chi connectivity index (χ0n) is 5.78. The molecule has 0 nitrogen and oxygen atoms in total. The summed E-state index contributed by atoms with van der Waals surface area (Å²) in [6, 6.07) is 0. The van der Waals surface area contributed by atoms with Crippen LogP contribution in [0.25, 0.3) is 0 Å². The SMILES string of the molecule is CCC=C(C)C1CC1. The molecule has 0 unspecified atom stereocenters. The van der Waals surface area contributed by atoms with Crippen molar-refractivity contribution in [3.8, 4) is 0 Å². The smallest absolute Gasteiger partial charge is 0.0206 e. The zero-order chi connectivity index (χ0) is 5.98. The third kappa shape index (κ3) is 1.36. The van der Waals surface area contributed by atoms with Gasteiger partial charge in [0.15, 0.2) is 0 Å². The lowest BCUT2D eigenvalue weighted by atomic mass is 10.2. The molecule has 8 heavy (non-hydrogen) atoms. The van der Waals surface area contributed by atoms with Crippen LogP contribution in [0, 0.1) is 5.92 Å². The van der Waals surface area contributed by atoms with E-state index in [1.807, 2.05) is 0 Å². The minimum absolute atomic E-state index is 0.981. The van der Waals surface area contributed by atoms with Crippen molar-refractivity contribution < 1.29 is 0 Å². The summed E-state index contributed by atoms with van der Waals surface area (Å²) < 4.78 is 0. The van der Waals surface area contributed by atoms with Crippen LogP contribution in [-0.2, 0) is 0 Å². The quantitative estimate of drug-likeness (QED) is 0.479. The summed E-state index contributed by atoms with van der Waals surface area (Å²) in [7, 11) is 0. The molecule has 0 aliphatic heterocycles. The van der Waals surface area contributed by atoms with Gasteiger partial charge < -0.3 is 0 Å². The Morgan fingerprint density at radius 2 is 2.25 bits per heavy atom. The van der Waals surface area contributed by atoms with E-state index in [-0.39, 0.29) is 0 Å². The van der Waals surface area contributed by atoms with E-state index in [1.54, 1.807) is 5.57 Å². The largest absolute Gasteiger partial charge is 0.0856 e. The van der Waals surface area contributed by atoms with Gasteiger partial charge in [0.25, 0.3) is 0 Å². The summed E-state index contributed by atoms with van der Waals surface area (Å²) in [6.07, 6.45) is 6.45. The molecule has 0 aromatic heterocycles. The van der Waals surface area contributed by atoms with E-state index in [1.165, 1.54) is 19.3 Å². The minimum atomic E-state index is 0.981. The second-order valence-corrected chi connectivity index (χ2v) is 2.63. The first-order chi connectivity index (χ1) is 3.84. The second-order valence-electron chi connectivity index (χ2n) is 2.63. The van der Waals surface area contributed by atoms with Crippen molar-refractivity contribution in [3.63, 3.8) is 0 Å². The van der Waals surface area contributed by atoms with Gasteiger partial charge in [-0.2, -0.15) is 0 Å². The van der Waals surface area contributed by atoms with Crippen LogP contribution < -0.4 is 0 Å². The lowest BCUT2D eigenvalue weighted by molar-refractivity contribution is 0.981. The lowest BCUT2D eigenvalue weighted by Crippen LogP contribution is -1.75. The van der Waals surface area contributed by atoms with E-state index < -0.39 is 0 Å². The molecular weight excluding hydrogens is 96.1 g/mol. The standard InChI is InChI=1S/C8H14/c1-3-4-7(2)8-5-6-8/h4,8H,3,5-6H2,1-2H3. The maximum absolute atomic E-state index is 2.34.